The van der Waals surface area contributed by atoms with Crippen LogP contribution in [0.4, 0.5) is 11.4 Å². The molecule has 8 nitrogen and oxygen atoms in total. The molecule has 3 aromatic carbocycles. The fourth-order valence-corrected chi connectivity index (χ4v) is 5.46. The van der Waals surface area contributed by atoms with Crippen LogP contribution in [-0.4, -0.2) is 36.1 Å². The molecule has 1 aliphatic heterocycles. The SMILES string of the molecule is CC(=O)c1cccc(NC(=O)COC(=O)c2cccc(N3C(=O)[C@H]4C[C@@H](c5ccccc5)CC[C@H]4C3=O)c2)c1. The van der Waals surface area contributed by atoms with E-state index in [1.807, 2.05) is 18.2 Å². The first-order valence-electron chi connectivity index (χ1n) is 12.9. The van der Waals surface area contributed by atoms with Gasteiger partial charge in [-0.05, 0) is 68.0 Å². The van der Waals surface area contributed by atoms with Gasteiger partial charge in [-0.1, -0.05) is 48.5 Å². The first-order valence-corrected chi connectivity index (χ1v) is 12.9. The van der Waals surface area contributed by atoms with Gasteiger partial charge in [0, 0.05) is 11.3 Å². The molecule has 3 atom stereocenters. The van der Waals surface area contributed by atoms with Crippen molar-refractivity contribution in [1.29, 1.82) is 0 Å². The van der Waals surface area contributed by atoms with Gasteiger partial charge in [0.25, 0.3) is 5.91 Å². The van der Waals surface area contributed by atoms with Gasteiger partial charge in [-0.2, -0.15) is 0 Å². The Kier molecular flexibility index (Phi) is 7.36. The van der Waals surface area contributed by atoms with Gasteiger partial charge in [-0.15, -0.1) is 0 Å². The number of Topliss-reactive ketones (excluding diaryl/α,β-unsaturated/α-hetero) is 1. The van der Waals surface area contributed by atoms with E-state index in [2.05, 4.69) is 17.4 Å². The van der Waals surface area contributed by atoms with Crippen LogP contribution < -0.4 is 10.2 Å². The van der Waals surface area contributed by atoms with Gasteiger partial charge in [0.15, 0.2) is 12.4 Å². The predicted molar refractivity (Wildman–Crippen MR) is 144 cm³/mol. The molecule has 1 saturated heterocycles. The third kappa shape index (κ3) is 5.50. The highest BCUT2D eigenvalue weighted by atomic mass is 16.5. The quantitative estimate of drug-likeness (QED) is 0.271. The Labute approximate surface area is 226 Å². The smallest absolute Gasteiger partial charge is 0.338 e. The van der Waals surface area contributed by atoms with Crippen molar-refractivity contribution in [3.05, 3.63) is 95.6 Å². The number of carbonyl (C=O) groups excluding carboxylic acids is 5. The summed E-state index contributed by atoms with van der Waals surface area (Å²) in [6.07, 6.45) is 2.09. The Morgan fingerprint density at radius 2 is 1.56 bits per heavy atom. The van der Waals surface area contributed by atoms with Crippen molar-refractivity contribution in [2.75, 3.05) is 16.8 Å². The maximum absolute atomic E-state index is 13.4. The van der Waals surface area contributed by atoms with E-state index in [9.17, 15) is 24.0 Å². The van der Waals surface area contributed by atoms with Crippen molar-refractivity contribution in [2.24, 2.45) is 11.8 Å². The second-order valence-electron chi connectivity index (χ2n) is 9.96. The lowest BCUT2D eigenvalue weighted by Crippen LogP contribution is -2.31. The van der Waals surface area contributed by atoms with Gasteiger partial charge < -0.3 is 10.1 Å². The highest BCUT2D eigenvalue weighted by molar-refractivity contribution is 6.22. The molecular formula is C31H28N2O6. The number of carbonyl (C=O) groups is 5. The van der Waals surface area contributed by atoms with Crippen LogP contribution in [0.5, 0.6) is 0 Å². The zero-order valence-electron chi connectivity index (χ0n) is 21.5. The summed E-state index contributed by atoms with van der Waals surface area (Å²) in [5.74, 6) is -2.48. The molecule has 8 heteroatoms. The fourth-order valence-electron chi connectivity index (χ4n) is 5.46. The minimum absolute atomic E-state index is 0.122. The lowest BCUT2D eigenvalue weighted by Gasteiger charge is -2.28. The summed E-state index contributed by atoms with van der Waals surface area (Å²) in [5.41, 5.74) is 2.47. The van der Waals surface area contributed by atoms with Crippen molar-refractivity contribution in [3.8, 4) is 0 Å². The van der Waals surface area contributed by atoms with Crippen molar-refractivity contribution in [1.82, 2.24) is 0 Å². The van der Waals surface area contributed by atoms with Crippen LogP contribution in [0.2, 0.25) is 0 Å². The van der Waals surface area contributed by atoms with Gasteiger partial charge in [-0.3, -0.25) is 24.1 Å². The molecule has 0 spiro atoms. The zero-order valence-corrected chi connectivity index (χ0v) is 21.5. The summed E-state index contributed by atoms with van der Waals surface area (Å²) in [5, 5.41) is 2.59. The molecule has 1 heterocycles. The molecule has 3 amide bonds. The topological polar surface area (TPSA) is 110 Å². The third-order valence-corrected chi connectivity index (χ3v) is 7.42. The average molecular weight is 525 g/mol. The number of benzene rings is 3. The number of anilines is 2. The maximum atomic E-state index is 13.4. The largest absolute Gasteiger partial charge is 0.452 e. The Morgan fingerprint density at radius 1 is 0.846 bits per heavy atom. The minimum atomic E-state index is -0.759. The predicted octanol–water partition coefficient (Wildman–Crippen LogP) is 4.76. The molecule has 1 saturated carbocycles. The Bertz CT molecular complexity index is 1450. The number of nitrogens with zero attached hydrogens (tertiary/aromatic N) is 1. The molecule has 0 radical (unpaired) electrons. The molecule has 5 rings (SSSR count). The Morgan fingerprint density at radius 3 is 2.33 bits per heavy atom. The number of nitrogens with one attached hydrogen (secondary N) is 1. The van der Waals surface area contributed by atoms with Crippen LogP contribution in [-0.2, 0) is 19.1 Å². The van der Waals surface area contributed by atoms with E-state index in [0.717, 1.165) is 6.42 Å². The first-order chi connectivity index (χ1) is 18.8. The zero-order chi connectivity index (χ0) is 27.5. The molecule has 1 N–H and O–H groups in total. The summed E-state index contributed by atoms with van der Waals surface area (Å²) >= 11 is 0. The monoisotopic (exact) mass is 524 g/mol. The van der Waals surface area contributed by atoms with Crippen molar-refractivity contribution >= 4 is 40.8 Å². The minimum Gasteiger partial charge on any atom is -0.452 e. The van der Waals surface area contributed by atoms with Gasteiger partial charge in [0.1, 0.15) is 0 Å². The Balaban J connectivity index is 1.23. The van der Waals surface area contributed by atoms with Crippen LogP contribution in [0.1, 0.15) is 58.4 Å². The number of imide groups is 1. The summed E-state index contributed by atoms with van der Waals surface area (Å²) in [6.45, 7) is 0.884. The van der Waals surface area contributed by atoms with E-state index in [4.69, 9.17) is 4.74 Å². The number of fused-ring (bicyclic) bond motifs is 1. The second-order valence-corrected chi connectivity index (χ2v) is 9.96. The number of esters is 1. The summed E-state index contributed by atoms with van der Waals surface area (Å²) in [4.78, 5) is 64.3. The molecule has 0 bridgehead atoms. The normalized spacial score (nSPS) is 20.3. The van der Waals surface area contributed by atoms with Crippen molar-refractivity contribution < 1.29 is 28.7 Å². The molecule has 198 valence electrons. The number of amides is 3. The number of hydrogen-bond donors (Lipinski definition) is 1. The van der Waals surface area contributed by atoms with Gasteiger partial charge in [-0.25, -0.2) is 4.79 Å². The van der Waals surface area contributed by atoms with Crippen LogP contribution in [0.25, 0.3) is 0 Å². The number of ketones is 1. The fraction of sp³-hybridized carbons (Fsp3) is 0.258. The molecule has 3 aromatic rings. The standard InChI is InChI=1S/C31H28N2O6/c1-19(34)21-9-5-11-24(15-21)32-28(35)18-39-31(38)23-10-6-12-25(16-23)33-29(36)26-14-13-22(17-27(26)30(33)37)20-7-3-2-4-8-20/h2-12,15-16,22,26-27H,13-14,17-18H2,1H3,(H,32,35)/t22-,26+,27-/m0/s1. The van der Waals surface area contributed by atoms with E-state index < -0.39 is 24.4 Å². The van der Waals surface area contributed by atoms with Crippen LogP contribution in [0.15, 0.2) is 78.9 Å². The Hall–Kier alpha value is -4.59. The molecule has 2 aliphatic rings. The lowest BCUT2D eigenvalue weighted by atomic mass is 9.73. The van der Waals surface area contributed by atoms with E-state index in [-0.39, 0.29) is 35.0 Å². The number of ether oxygens (including phenoxy) is 1. The lowest BCUT2D eigenvalue weighted by molar-refractivity contribution is -0.122. The molecule has 39 heavy (non-hydrogen) atoms. The van der Waals surface area contributed by atoms with E-state index in [1.165, 1.54) is 35.6 Å². The van der Waals surface area contributed by atoms with Gasteiger partial charge in [0.2, 0.25) is 11.8 Å². The highest BCUT2D eigenvalue weighted by Gasteiger charge is 2.50. The number of rotatable bonds is 7. The van der Waals surface area contributed by atoms with Crippen LogP contribution in [0.3, 0.4) is 0 Å². The molecule has 2 fully saturated rings. The molecular weight excluding hydrogens is 496 g/mol. The van der Waals surface area contributed by atoms with Crippen LogP contribution in [0, 0.1) is 11.8 Å². The van der Waals surface area contributed by atoms with Crippen molar-refractivity contribution in [3.63, 3.8) is 0 Å². The highest BCUT2D eigenvalue weighted by Crippen LogP contribution is 2.45. The molecule has 0 aromatic heterocycles. The average Bonchev–Trinajstić information content (AvgIpc) is 3.21. The third-order valence-electron chi connectivity index (χ3n) is 7.42. The van der Waals surface area contributed by atoms with E-state index >= 15 is 0 Å². The summed E-state index contributed by atoms with van der Waals surface area (Å²) in [6, 6.07) is 22.6. The maximum Gasteiger partial charge on any atom is 0.338 e. The second kappa shape index (κ2) is 11.0. The van der Waals surface area contributed by atoms with Crippen LogP contribution >= 0.6 is 0 Å². The van der Waals surface area contributed by atoms with E-state index in [1.54, 1.807) is 30.3 Å². The van der Waals surface area contributed by atoms with Gasteiger partial charge >= 0.3 is 5.97 Å². The number of hydrogen-bond acceptors (Lipinski definition) is 6. The van der Waals surface area contributed by atoms with Gasteiger partial charge in [0.05, 0.1) is 23.1 Å². The van der Waals surface area contributed by atoms with E-state index in [0.29, 0.717) is 29.8 Å². The first kappa shape index (κ1) is 26.0. The van der Waals surface area contributed by atoms with Crippen molar-refractivity contribution in [2.45, 2.75) is 32.1 Å². The molecule has 0 unspecified atom stereocenters. The molecule has 1 aliphatic carbocycles. The summed E-state index contributed by atoms with van der Waals surface area (Å²) in [7, 11) is 0. The summed E-state index contributed by atoms with van der Waals surface area (Å²) < 4.78 is 5.16.